The molecule has 1 unspecified atom stereocenters. The lowest BCUT2D eigenvalue weighted by atomic mass is 10.2. The first-order valence-electron chi connectivity index (χ1n) is 7.07. The summed E-state index contributed by atoms with van der Waals surface area (Å²) in [5.74, 6) is -0.154. The maximum Gasteiger partial charge on any atom is 0.305 e. The van der Waals surface area contributed by atoms with E-state index in [2.05, 4.69) is 10.2 Å². The quantitative estimate of drug-likeness (QED) is 0.441. The molecule has 1 fully saturated rings. The summed E-state index contributed by atoms with van der Waals surface area (Å²) in [5.41, 5.74) is 0. The third-order valence-electron chi connectivity index (χ3n) is 2.99. The number of aliphatic hydroxyl groups is 1. The van der Waals surface area contributed by atoms with Gasteiger partial charge in [-0.15, -0.1) is 0 Å². The van der Waals surface area contributed by atoms with Crippen LogP contribution in [0.15, 0.2) is 0 Å². The van der Waals surface area contributed by atoms with Crippen molar-refractivity contribution < 1.29 is 19.4 Å². The first-order valence-corrected chi connectivity index (χ1v) is 7.07. The van der Waals surface area contributed by atoms with Crippen LogP contribution in [-0.2, 0) is 14.3 Å². The second-order valence-electron chi connectivity index (χ2n) is 4.68. The number of morpholine rings is 1. The van der Waals surface area contributed by atoms with E-state index in [1.54, 1.807) is 6.92 Å². The number of carbonyl (C=O) groups excluding carboxylic acids is 1. The normalized spacial score (nSPS) is 18.2. The fourth-order valence-corrected chi connectivity index (χ4v) is 2.01. The summed E-state index contributed by atoms with van der Waals surface area (Å²) in [6.45, 7) is 7.47. The maximum atomic E-state index is 11.1. The number of esters is 1. The summed E-state index contributed by atoms with van der Waals surface area (Å²) in [6, 6.07) is 0. The van der Waals surface area contributed by atoms with Crippen molar-refractivity contribution in [3.8, 4) is 0 Å². The lowest BCUT2D eigenvalue weighted by Crippen LogP contribution is -2.43. The number of carbonyl (C=O) groups is 1. The molecule has 1 saturated heterocycles. The van der Waals surface area contributed by atoms with E-state index in [0.29, 0.717) is 26.1 Å². The molecule has 1 rings (SSSR count). The third-order valence-corrected chi connectivity index (χ3v) is 2.99. The Morgan fingerprint density at radius 3 is 2.89 bits per heavy atom. The summed E-state index contributed by atoms with van der Waals surface area (Å²) in [4.78, 5) is 13.3. The lowest BCUT2D eigenvalue weighted by Gasteiger charge is -2.28. The molecule has 19 heavy (non-hydrogen) atoms. The van der Waals surface area contributed by atoms with Crippen LogP contribution < -0.4 is 5.32 Å². The average Bonchev–Trinajstić information content (AvgIpc) is 2.40. The Balaban J connectivity index is 1.94. The van der Waals surface area contributed by atoms with Gasteiger partial charge in [-0.3, -0.25) is 9.69 Å². The molecule has 0 aromatic carbocycles. The van der Waals surface area contributed by atoms with Crippen molar-refractivity contribution in [3.63, 3.8) is 0 Å². The molecular weight excluding hydrogens is 248 g/mol. The largest absolute Gasteiger partial charge is 0.466 e. The number of β-amino-alcohol motifs (C(OH)–C–C–N with tert-alkyl or cyclic N) is 1. The number of hydrogen-bond acceptors (Lipinski definition) is 6. The van der Waals surface area contributed by atoms with Gasteiger partial charge in [-0.2, -0.15) is 0 Å². The molecule has 0 amide bonds. The Labute approximate surface area is 115 Å². The number of aliphatic hydroxyl groups excluding tert-OH is 1. The minimum Gasteiger partial charge on any atom is -0.466 e. The van der Waals surface area contributed by atoms with Crippen molar-refractivity contribution in [2.45, 2.75) is 25.9 Å². The molecule has 0 aromatic heterocycles. The molecule has 6 nitrogen and oxygen atoms in total. The fraction of sp³-hybridized carbons (Fsp3) is 0.923. The Hall–Kier alpha value is -0.690. The lowest BCUT2D eigenvalue weighted by molar-refractivity contribution is -0.143. The maximum absolute atomic E-state index is 11.1. The molecule has 6 heteroatoms. The van der Waals surface area contributed by atoms with Gasteiger partial charge < -0.3 is 19.9 Å². The number of nitrogens with zero attached hydrogens (tertiary/aromatic N) is 1. The molecule has 0 spiro atoms. The van der Waals surface area contributed by atoms with Crippen LogP contribution in [0.2, 0.25) is 0 Å². The van der Waals surface area contributed by atoms with Crippen molar-refractivity contribution in [1.82, 2.24) is 10.2 Å². The molecule has 0 saturated carbocycles. The van der Waals surface area contributed by atoms with Gasteiger partial charge in [0.15, 0.2) is 0 Å². The van der Waals surface area contributed by atoms with Gasteiger partial charge in [-0.1, -0.05) is 0 Å². The highest BCUT2D eigenvalue weighted by Gasteiger charge is 2.14. The average molecular weight is 274 g/mol. The Morgan fingerprint density at radius 2 is 2.21 bits per heavy atom. The van der Waals surface area contributed by atoms with Crippen molar-refractivity contribution in [3.05, 3.63) is 0 Å². The van der Waals surface area contributed by atoms with E-state index < -0.39 is 0 Å². The van der Waals surface area contributed by atoms with E-state index in [1.807, 2.05) is 0 Å². The number of rotatable bonds is 9. The summed E-state index contributed by atoms with van der Waals surface area (Å²) in [6.07, 6.45) is 0.796. The van der Waals surface area contributed by atoms with E-state index in [4.69, 9.17) is 9.47 Å². The molecule has 1 aliphatic rings. The van der Waals surface area contributed by atoms with E-state index >= 15 is 0 Å². The Morgan fingerprint density at radius 1 is 1.47 bits per heavy atom. The first-order chi connectivity index (χ1) is 9.22. The van der Waals surface area contributed by atoms with E-state index in [1.165, 1.54) is 0 Å². The molecule has 0 aliphatic carbocycles. The van der Waals surface area contributed by atoms with Crippen molar-refractivity contribution in [2.24, 2.45) is 0 Å². The molecule has 0 bridgehead atoms. The van der Waals surface area contributed by atoms with Crippen molar-refractivity contribution >= 4 is 5.97 Å². The van der Waals surface area contributed by atoms with Crippen LogP contribution in [0.3, 0.4) is 0 Å². The van der Waals surface area contributed by atoms with Crippen LogP contribution in [-0.4, -0.2) is 74.6 Å². The zero-order valence-electron chi connectivity index (χ0n) is 11.8. The summed E-state index contributed by atoms with van der Waals surface area (Å²) in [7, 11) is 0. The molecule has 0 aromatic rings. The van der Waals surface area contributed by atoms with Gasteiger partial charge >= 0.3 is 5.97 Å². The molecule has 1 atom stereocenters. The topological polar surface area (TPSA) is 71.0 Å². The minimum absolute atomic E-state index is 0.154. The second kappa shape index (κ2) is 10.1. The highest BCUT2D eigenvalue weighted by molar-refractivity contribution is 5.69. The molecule has 0 radical (unpaired) electrons. The third kappa shape index (κ3) is 8.15. The van der Waals surface area contributed by atoms with E-state index in [0.717, 1.165) is 39.3 Å². The molecule has 1 heterocycles. The van der Waals surface area contributed by atoms with Crippen molar-refractivity contribution in [2.75, 3.05) is 52.5 Å². The van der Waals surface area contributed by atoms with Gasteiger partial charge in [-0.25, -0.2) is 0 Å². The van der Waals surface area contributed by atoms with Crippen LogP contribution in [0, 0.1) is 0 Å². The molecular formula is C13H26N2O4. The summed E-state index contributed by atoms with van der Waals surface area (Å²) < 4.78 is 10.1. The van der Waals surface area contributed by atoms with Crippen LogP contribution in [0.25, 0.3) is 0 Å². The Bertz CT molecular complexity index is 245. The highest BCUT2D eigenvalue weighted by atomic mass is 16.5. The van der Waals surface area contributed by atoms with Gasteiger partial charge in [0.1, 0.15) is 0 Å². The van der Waals surface area contributed by atoms with Gasteiger partial charge in [0.2, 0.25) is 0 Å². The highest BCUT2D eigenvalue weighted by Crippen LogP contribution is 1.98. The van der Waals surface area contributed by atoms with Gasteiger partial charge in [0.05, 0.1) is 25.9 Å². The van der Waals surface area contributed by atoms with Crippen LogP contribution in [0.1, 0.15) is 19.8 Å². The number of nitrogens with one attached hydrogen (secondary N) is 1. The predicted molar refractivity (Wildman–Crippen MR) is 72.0 cm³/mol. The van der Waals surface area contributed by atoms with Crippen LogP contribution in [0.4, 0.5) is 0 Å². The van der Waals surface area contributed by atoms with Crippen molar-refractivity contribution in [1.29, 1.82) is 0 Å². The van der Waals surface area contributed by atoms with Crippen LogP contribution in [0.5, 0.6) is 0 Å². The zero-order valence-corrected chi connectivity index (χ0v) is 11.8. The standard InChI is InChI=1S/C13H26N2O4/c1-2-19-13(17)4-3-5-14-10-12(16)11-15-6-8-18-9-7-15/h12,14,16H,2-11H2,1H3. The zero-order chi connectivity index (χ0) is 13.9. The number of ether oxygens (including phenoxy) is 2. The van der Waals surface area contributed by atoms with Gasteiger partial charge in [-0.05, 0) is 19.9 Å². The molecule has 1 aliphatic heterocycles. The summed E-state index contributed by atoms with van der Waals surface area (Å²) >= 11 is 0. The molecule has 2 N–H and O–H groups in total. The van der Waals surface area contributed by atoms with Gasteiger partial charge in [0, 0.05) is 32.6 Å². The molecule has 112 valence electrons. The SMILES string of the molecule is CCOC(=O)CCCNCC(O)CN1CCOCC1. The predicted octanol–water partition coefficient (Wildman–Crippen LogP) is -0.388. The van der Waals surface area contributed by atoms with Crippen LogP contribution >= 0.6 is 0 Å². The smallest absolute Gasteiger partial charge is 0.305 e. The minimum atomic E-state index is -0.374. The fourth-order valence-electron chi connectivity index (χ4n) is 2.01. The number of hydrogen-bond donors (Lipinski definition) is 2. The van der Waals surface area contributed by atoms with E-state index in [9.17, 15) is 9.90 Å². The Kier molecular flexibility index (Phi) is 8.73. The van der Waals surface area contributed by atoms with E-state index in [-0.39, 0.29) is 12.1 Å². The van der Waals surface area contributed by atoms with Gasteiger partial charge in [0.25, 0.3) is 0 Å². The monoisotopic (exact) mass is 274 g/mol. The second-order valence-corrected chi connectivity index (χ2v) is 4.68. The first kappa shape index (κ1) is 16.4. The summed E-state index contributed by atoms with van der Waals surface area (Å²) in [5, 5.41) is 13.0.